The van der Waals surface area contributed by atoms with E-state index in [9.17, 15) is 9.59 Å². The molecule has 1 amide bonds. The number of nitrogens with zero attached hydrogens (tertiary/aromatic N) is 4. The summed E-state index contributed by atoms with van der Waals surface area (Å²) in [7, 11) is 0. The van der Waals surface area contributed by atoms with Crippen LogP contribution in [0.4, 0.5) is 0 Å². The molecule has 0 unspecified atom stereocenters. The lowest BCUT2D eigenvalue weighted by atomic mass is 10.1. The van der Waals surface area contributed by atoms with Crippen molar-refractivity contribution >= 4 is 29.1 Å². The van der Waals surface area contributed by atoms with E-state index in [0.29, 0.717) is 28.2 Å². The molecule has 7 nitrogen and oxygen atoms in total. The van der Waals surface area contributed by atoms with E-state index in [1.54, 1.807) is 11.6 Å². The minimum Gasteiger partial charge on any atom is -0.494 e. The van der Waals surface area contributed by atoms with Crippen molar-refractivity contribution in [3.63, 3.8) is 0 Å². The smallest absolute Gasteiger partial charge is 0.243 e. The Labute approximate surface area is 149 Å². The van der Waals surface area contributed by atoms with Gasteiger partial charge in [0.05, 0.1) is 17.2 Å². The van der Waals surface area contributed by atoms with Crippen molar-refractivity contribution in [2.45, 2.75) is 32.9 Å². The van der Waals surface area contributed by atoms with Gasteiger partial charge >= 0.3 is 0 Å². The highest BCUT2D eigenvalue weighted by Gasteiger charge is 2.33. The van der Waals surface area contributed by atoms with E-state index in [0.717, 1.165) is 11.3 Å². The predicted molar refractivity (Wildman–Crippen MR) is 94.7 cm³/mol. The molecule has 130 valence electrons. The molecule has 0 spiro atoms. The lowest BCUT2D eigenvalue weighted by molar-refractivity contribution is -0.117. The standard InChI is InChI=1S/C17H18N4O3S/c1-5-24-14-8-6-13(7-9-14)15-16(10(2)22)25-17-19-18-11(3)20(17)21(15)12(4)23/h6-9H,5H2,1-4H3. The van der Waals surface area contributed by atoms with Crippen molar-refractivity contribution in [3.8, 4) is 5.75 Å². The largest absolute Gasteiger partial charge is 0.494 e. The van der Waals surface area contributed by atoms with E-state index >= 15 is 0 Å². The summed E-state index contributed by atoms with van der Waals surface area (Å²) in [5.41, 5.74) is 1.28. The van der Waals surface area contributed by atoms with Gasteiger partial charge in [0.25, 0.3) is 0 Å². The average Bonchev–Trinajstić information content (AvgIpc) is 2.95. The molecule has 0 saturated carbocycles. The number of hydrogen-bond acceptors (Lipinski definition) is 6. The lowest BCUT2D eigenvalue weighted by Crippen LogP contribution is -2.41. The Kier molecular flexibility index (Phi) is 4.63. The molecule has 1 aliphatic heterocycles. The second-order valence-corrected chi connectivity index (χ2v) is 6.44. The van der Waals surface area contributed by atoms with Crippen LogP contribution >= 0.6 is 11.8 Å². The number of fused-ring (bicyclic) bond motifs is 1. The SMILES string of the molecule is CCOc1ccc(C2=C(C(C)=O)Sc3nnc(C)n3N2C(C)=O)cc1. The van der Waals surface area contributed by atoms with Crippen molar-refractivity contribution in [2.75, 3.05) is 11.6 Å². The van der Waals surface area contributed by atoms with Crippen LogP contribution in [0.3, 0.4) is 0 Å². The number of thioether (sulfide) groups is 1. The van der Waals surface area contributed by atoms with Gasteiger partial charge in [-0.1, -0.05) is 0 Å². The highest BCUT2D eigenvalue weighted by Crippen LogP contribution is 2.39. The number of aryl methyl sites for hydroxylation is 1. The van der Waals surface area contributed by atoms with Crippen LogP contribution in [-0.2, 0) is 9.59 Å². The summed E-state index contributed by atoms with van der Waals surface area (Å²) in [5.74, 6) is 0.943. The third-order valence-corrected chi connectivity index (χ3v) is 4.77. The van der Waals surface area contributed by atoms with Crippen LogP contribution in [0.15, 0.2) is 34.3 Å². The first-order valence-corrected chi connectivity index (χ1v) is 8.65. The van der Waals surface area contributed by atoms with Gasteiger partial charge in [-0.25, -0.2) is 9.69 Å². The van der Waals surface area contributed by atoms with Gasteiger partial charge in [0.2, 0.25) is 11.1 Å². The van der Waals surface area contributed by atoms with Gasteiger partial charge in [0.1, 0.15) is 5.75 Å². The molecule has 0 fully saturated rings. The Hall–Kier alpha value is -2.61. The molecule has 1 aromatic heterocycles. The van der Waals surface area contributed by atoms with E-state index in [1.807, 2.05) is 31.2 Å². The molecule has 1 aliphatic rings. The molecule has 0 saturated heterocycles. The number of benzene rings is 1. The fourth-order valence-corrected chi connectivity index (χ4v) is 3.64. The number of hydrogen-bond donors (Lipinski definition) is 0. The molecule has 0 bridgehead atoms. The second kappa shape index (κ2) is 6.72. The fraction of sp³-hybridized carbons (Fsp3) is 0.294. The Balaban J connectivity index is 2.18. The molecular weight excluding hydrogens is 340 g/mol. The van der Waals surface area contributed by atoms with Crippen LogP contribution < -0.4 is 9.75 Å². The molecule has 0 N–H and O–H groups in total. The average molecular weight is 358 g/mol. The summed E-state index contributed by atoms with van der Waals surface area (Å²) in [6.45, 7) is 7.18. The van der Waals surface area contributed by atoms with Gasteiger partial charge in [0.15, 0.2) is 11.6 Å². The van der Waals surface area contributed by atoms with Crippen molar-refractivity contribution in [2.24, 2.45) is 0 Å². The molecule has 0 radical (unpaired) electrons. The van der Waals surface area contributed by atoms with Gasteiger partial charge in [-0.2, -0.15) is 0 Å². The van der Waals surface area contributed by atoms with Crippen molar-refractivity contribution in [1.82, 2.24) is 14.9 Å². The van der Waals surface area contributed by atoms with Gasteiger partial charge in [0, 0.05) is 12.5 Å². The summed E-state index contributed by atoms with van der Waals surface area (Å²) >= 11 is 1.22. The minimum atomic E-state index is -0.230. The van der Waals surface area contributed by atoms with Crippen LogP contribution in [0.25, 0.3) is 5.70 Å². The van der Waals surface area contributed by atoms with E-state index in [1.165, 1.54) is 30.6 Å². The number of allylic oxidation sites excluding steroid dienone is 1. The molecule has 2 heterocycles. The number of aromatic nitrogens is 3. The summed E-state index contributed by atoms with van der Waals surface area (Å²) in [6.07, 6.45) is 0. The molecular formula is C17H18N4O3S. The van der Waals surface area contributed by atoms with Crippen molar-refractivity contribution in [3.05, 3.63) is 40.6 Å². The fourth-order valence-electron chi connectivity index (χ4n) is 2.63. The zero-order valence-corrected chi connectivity index (χ0v) is 15.3. The zero-order chi connectivity index (χ0) is 18.1. The van der Waals surface area contributed by atoms with E-state index in [4.69, 9.17) is 4.74 Å². The van der Waals surface area contributed by atoms with E-state index in [2.05, 4.69) is 10.2 Å². The Morgan fingerprint density at radius 3 is 2.40 bits per heavy atom. The van der Waals surface area contributed by atoms with E-state index in [-0.39, 0.29) is 11.7 Å². The first kappa shape index (κ1) is 17.2. The molecule has 1 aromatic carbocycles. The first-order valence-electron chi connectivity index (χ1n) is 7.83. The second-order valence-electron chi connectivity index (χ2n) is 5.47. The summed E-state index contributed by atoms with van der Waals surface area (Å²) in [5, 5.41) is 10.0. The molecule has 0 aliphatic carbocycles. The third-order valence-electron chi connectivity index (χ3n) is 3.64. The lowest BCUT2D eigenvalue weighted by Gasteiger charge is -2.31. The number of carbonyl (C=O) groups is 2. The monoisotopic (exact) mass is 358 g/mol. The van der Waals surface area contributed by atoms with Crippen LogP contribution in [-0.4, -0.2) is 33.2 Å². The topological polar surface area (TPSA) is 77.3 Å². The van der Waals surface area contributed by atoms with Crippen molar-refractivity contribution < 1.29 is 14.3 Å². The van der Waals surface area contributed by atoms with Crippen LogP contribution in [0.1, 0.15) is 32.2 Å². The molecule has 8 heteroatoms. The maximum atomic E-state index is 12.4. The zero-order valence-electron chi connectivity index (χ0n) is 14.4. The maximum Gasteiger partial charge on any atom is 0.243 e. The van der Waals surface area contributed by atoms with Crippen LogP contribution in [0, 0.1) is 6.92 Å². The Bertz CT molecular complexity index is 871. The number of ether oxygens (including phenoxy) is 1. The highest BCUT2D eigenvalue weighted by atomic mass is 32.2. The summed E-state index contributed by atoms with van der Waals surface area (Å²) in [6, 6.07) is 7.32. The molecule has 0 atom stereocenters. The van der Waals surface area contributed by atoms with Gasteiger partial charge in [-0.05, 0) is 56.8 Å². The van der Waals surface area contributed by atoms with E-state index < -0.39 is 0 Å². The van der Waals surface area contributed by atoms with Gasteiger partial charge in [-0.3, -0.25) is 9.59 Å². The molecule has 25 heavy (non-hydrogen) atoms. The summed E-state index contributed by atoms with van der Waals surface area (Å²) in [4.78, 5) is 25.1. The molecule has 3 rings (SSSR count). The number of Topliss-reactive ketones (excluding diaryl/α,β-unsaturated/α-hetero) is 1. The quantitative estimate of drug-likeness (QED) is 0.836. The van der Waals surface area contributed by atoms with Crippen LogP contribution in [0.5, 0.6) is 5.75 Å². The number of ketones is 1. The van der Waals surface area contributed by atoms with Gasteiger partial charge < -0.3 is 4.74 Å². The normalized spacial score (nSPS) is 13.7. The minimum absolute atomic E-state index is 0.132. The highest BCUT2D eigenvalue weighted by molar-refractivity contribution is 8.04. The third kappa shape index (κ3) is 3.05. The number of amides is 1. The van der Waals surface area contributed by atoms with Crippen LogP contribution in [0.2, 0.25) is 0 Å². The van der Waals surface area contributed by atoms with Gasteiger partial charge in [-0.15, -0.1) is 10.2 Å². The van der Waals surface area contributed by atoms with Crippen molar-refractivity contribution in [1.29, 1.82) is 0 Å². The maximum absolute atomic E-state index is 12.4. The first-order chi connectivity index (χ1) is 11.9. The predicted octanol–water partition coefficient (Wildman–Crippen LogP) is 2.53. The number of carbonyl (C=O) groups excluding carboxylic acids is 2. The Morgan fingerprint density at radius 1 is 1.16 bits per heavy atom. The summed E-state index contributed by atoms with van der Waals surface area (Å²) < 4.78 is 7.10. The molecule has 2 aromatic rings. The number of rotatable bonds is 4. The Morgan fingerprint density at radius 2 is 1.84 bits per heavy atom.